The molecule has 0 radical (unpaired) electrons. The summed E-state index contributed by atoms with van der Waals surface area (Å²) < 4.78 is 56.7. The van der Waals surface area contributed by atoms with E-state index in [-0.39, 0.29) is 17.0 Å². The van der Waals surface area contributed by atoms with Gasteiger partial charge in [0.25, 0.3) is 0 Å². The van der Waals surface area contributed by atoms with Crippen molar-refractivity contribution in [2.24, 2.45) is 0 Å². The van der Waals surface area contributed by atoms with Crippen molar-refractivity contribution < 1.29 is 22.3 Å². The van der Waals surface area contributed by atoms with Crippen molar-refractivity contribution in [3.8, 4) is 17.0 Å². The zero-order valence-electron chi connectivity index (χ0n) is 10.2. The molecule has 0 saturated heterocycles. The van der Waals surface area contributed by atoms with Gasteiger partial charge in [-0.3, -0.25) is 0 Å². The van der Waals surface area contributed by atoms with Crippen molar-refractivity contribution in [3.05, 3.63) is 35.8 Å². The molecule has 20 heavy (non-hydrogen) atoms. The fourth-order valence-corrected chi connectivity index (χ4v) is 1.62. The third-order valence-electron chi connectivity index (χ3n) is 2.49. The normalized spacial score (nSPS) is 11.4. The zero-order chi connectivity index (χ0) is 14.9. The molecule has 2 aromatic rings. The lowest BCUT2D eigenvalue weighted by molar-refractivity contribution is -0.141. The molecule has 0 aliphatic rings. The fourth-order valence-electron chi connectivity index (χ4n) is 1.62. The lowest BCUT2D eigenvalue weighted by atomic mass is 10.1. The highest BCUT2D eigenvalue weighted by Crippen LogP contribution is 2.33. The Bertz CT molecular complexity index is 643. The van der Waals surface area contributed by atoms with E-state index in [1.807, 2.05) is 0 Å². The predicted octanol–water partition coefficient (Wildman–Crippen LogP) is 2.89. The van der Waals surface area contributed by atoms with Gasteiger partial charge in [-0.25, -0.2) is 14.4 Å². The number of methoxy groups -OCH3 is 1. The highest BCUT2D eigenvalue weighted by atomic mass is 19.4. The Kier molecular flexibility index (Phi) is 3.47. The Morgan fingerprint density at radius 2 is 1.90 bits per heavy atom. The van der Waals surface area contributed by atoms with Gasteiger partial charge in [0.15, 0.2) is 17.3 Å². The number of nitrogen functional groups attached to an aromatic ring is 1. The monoisotopic (exact) mass is 287 g/mol. The third kappa shape index (κ3) is 2.63. The van der Waals surface area contributed by atoms with Gasteiger partial charge in [-0.15, -0.1) is 0 Å². The maximum absolute atomic E-state index is 14.0. The van der Waals surface area contributed by atoms with E-state index < -0.39 is 23.6 Å². The number of halogens is 4. The summed E-state index contributed by atoms with van der Waals surface area (Å²) in [4.78, 5) is 6.72. The van der Waals surface area contributed by atoms with Gasteiger partial charge in [-0.2, -0.15) is 13.2 Å². The lowest BCUT2D eigenvalue weighted by Gasteiger charge is -2.10. The van der Waals surface area contributed by atoms with Gasteiger partial charge in [0.2, 0.25) is 5.95 Å². The highest BCUT2D eigenvalue weighted by molar-refractivity contribution is 5.63. The average molecular weight is 287 g/mol. The third-order valence-corrected chi connectivity index (χ3v) is 2.49. The summed E-state index contributed by atoms with van der Waals surface area (Å²) in [5.41, 5.74) is 3.59. The maximum atomic E-state index is 14.0. The summed E-state index contributed by atoms with van der Waals surface area (Å²) in [5.74, 6) is -1.51. The second-order valence-electron chi connectivity index (χ2n) is 3.82. The molecule has 0 atom stereocenters. The molecule has 0 amide bonds. The number of nitrogens with two attached hydrogens (primary N) is 1. The topological polar surface area (TPSA) is 61.0 Å². The van der Waals surface area contributed by atoms with Crippen molar-refractivity contribution in [2.75, 3.05) is 12.8 Å². The first-order valence-corrected chi connectivity index (χ1v) is 5.37. The maximum Gasteiger partial charge on any atom is 0.433 e. The number of benzene rings is 1. The van der Waals surface area contributed by atoms with Crippen LogP contribution in [-0.4, -0.2) is 17.1 Å². The van der Waals surface area contributed by atoms with Crippen LogP contribution in [0.4, 0.5) is 23.5 Å². The minimum atomic E-state index is -4.69. The number of hydrogen-bond donors (Lipinski definition) is 1. The molecule has 4 nitrogen and oxygen atoms in total. The quantitative estimate of drug-likeness (QED) is 0.863. The van der Waals surface area contributed by atoms with Gasteiger partial charge in [0.05, 0.1) is 12.8 Å². The summed E-state index contributed by atoms with van der Waals surface area (Å²) in [5, 5.41) is 0. The predicted molar refractivity (Wildman–Crippen MR) is 63.4 cm³/mol. The van der Waals surface area contributed by atoms with Crippen LogP contribution in [0.15, 0.2) is 24.3 Å². The first-order valence-electron chi connectivity index (χ1n) is 5.37. The Morgan fingerprint density at radius 1 is 1.20 bits per heavy atom. The van der Waals surface area contributed by atoms with Gasteiger partial charge in [-0.1, -0.05) is 6.07 Å². The SMILES string of the molecule is COc1cccc(-c2cc(C(F)(F)F)nc(N)n2)c1F. The van der Waals surface area contributed by atoms with E-state index in [4.69, 9.17) is 10.5 Å². The smallest absolute Gasteiger partial charge is 0.433 e. The number of hydrogen-bond acceptors (Lipinski definition) is 4. The summed E-state index contributed by atoms with van der Waals surface area (Å²) in [6, 6.07) is 4.69. The Balaban J connectivity index is 2.62. The van der Waals surface area contributed by atoms with E-state index in [9.17, 15) is 17.6 Å². The average Bonchev–Trinajstić information content (AvgIpc) is 2.37. The van der Waals surface area contributed by atoms with Crippen molar-refractivity contribution in [1.82, 2.24) is 9.97 Å². The first kappa shape index (κ1) is 14.0. The van der Waals surface area contributed by atoms with E-state index >= 15 is 0 Å². The van der Waals surface area contributed by atoms with Gasteiger partial charge in [0.1, 0.15) is 0 Å². The molecule has 0 spiro atoms. The number of aromatic nitrogens is 2. The minimum absolute atomic E-state index is 0.103. The number of anilines is 1. The van der Waals surface area contributed by atoms with E-state index in [1.54, 1.807) is 0 Å². The van der Waals surface area contributed by atoms with Gasteiger partial charge in [0, 0.05) is 5.56 Å². The molecule has 0 aliphatic carbocycles. The number of rotatable bonds is 2. The number of nitrogens with zero attached hydrogens (tertiary/aromatic N) is 2. The van der Waals surface area contributed by atoms with Crippen molar-refractivity contribution >= 4 is 5.95 Å². The second-order valence-corrected chi connectivity index (χ2v) is 3.82. The van der Waals surface area contributed by atoms with Crippen molar-refractivity contribution in [1.29, 1.82) is 0 Å². The highest BCUT2D eigenvalue weighted by Gasteiger charge is 2.33. The van der Waals surface area contributed by atoms with Gasteiger partial charge in [-0.05, 0) is 18.2 Å². The summed E-state index contributed by atoms with van der Waals surface area (Å²) in [6.07, 6.45) is -4.69. The molecule has 0 saturated carbocycles. The molecule has 0 unspecified atom stereocenters. The molecule has 1 aromatic heterocycles. The van der Waals surface area contributed by atoms with E-state index in [1.165, 1.54) is 25.3 Å². The Labute approximate surface area is 111 Å². The van der Waals surface area contributed by atoms with Gasteiger partial charge >= 0.3 is 6.18 Å². The molecule has 1 heterocycles. The molecular formula is C12H9F4N3O. The Hall–Kier alpha value is -2.38. The summed E-state index contributed by atoms with van der Waals surface area (Å²) >= 11 is 0. The number of ether oxygens (including phenoxy) is 1. The van der Waals surface area contributed by atoms with Crippen LogP contribution in [0.5, 0.6) is 5.75 Å². The summed E-state index contributed by atoms with van der Waals surface area (Å²) in [7, 11) is 1.25. The van der Waals surface area contributed by atoms with Crippen LogP contribution < -0.4 is 10.5 Å². The molecular weight excluding hydrogens is 278 g/mol. The first-order chi connectivity index (χ1) is 9.32. The Morgan fingerprint density at radius 3 is 2.50 bits per heavy atom. The van der Waals surface area contributed by atoms with Crippen LogP contribution in [0.2, 0.25) is 0 Å². The minimum Gasteiger partial charge on any atom is -0.494 e. The summed E-state index contributed by atoms with van der Waals surface area (Å²) in [6.45, 7) is 0. The number of alkyl halides is 3. The molecule has 2 N–H and O–H groups in total. The van der Waals surface area contributed by atoms with E-state index in [0.717, 1.165) is 0 Å². The van der Waals surface area contributed by atoms with Gasteiger partial charge < -0.3 is 10.5 Å². The molecule has 2 rings (SSSR count). The molecule has 0 aliphatic heterocycles. The second kappa shape index (κ2) is 4.95. The molecule has 1 aromatic carbocycles. The van der Waals surface area contributed by atoms with Crippen LogP contribution in [0.25, 0.3) is 11.3 Å². The molecule has 8 heteroatoms. The largest absolute Gasteiger partial charge is 0.494 e. The van der Waals surface area contributed by atoms with E-state index in [2.05, 4.69) is 9.97 Å². The van der Waals surface area contributed by atoms with Crippen LogP contribution in [0.3, 0.4) is 0 Å². The van der Waals surface area contributed by atoms with Crippen molar-refractivity contribution in [2.45, 2.75) is 6.18 Å². The van der Waals surface area contributed by atoms with Crippen LogP contribution in [-0.2, 0) is 6.18 Å². The molecule has 0 fully saturated rings. The van der Waals surface area contributed by atoms with E-state index in [0.29, 0.717) is 6.07 Å². The zero-order valence-corrected chi connectivity index (χ0v) is 10.2. The fraction of sp³-hybridized carbons (Fsp3) is 0.167. The standard InChI is InChI=1S/C12H9F4N3O/c1-20-8-4-2-3-6(10(8)13)7-5-9(12(14,15)16)19-11(17)18-7/h2-5H,1H3,(H2,17,18,19). The lowest BCUT2D eigenvalue weighted by Crippen LogP contribution is -2.11. The molecule has 106 valence electrons. The van der Waals surface area contributed by atoms with Crippen LogP contribution >= 0.6 is 0 Å². The van der Waals surface area contributed by atoms with Crippen LogP contribution in [0.1, 0.15) is 5.69 Å². The molecule has 0 bridgehead atoms. The van der Waals surface area contributed by atoms with Crippen LogP contribution in [0, 0.1) is 5.82 Å². The van der Waals surface area contributed by atoms with Crippen molar-refractivity contribution in [3.63, 3.8) is 0 Å².